The van der Waals surface area contributed by atoms with Crippen molar-refractivity contribution >= 4 is 11.8 Å². The van der Waals surface area contributed by atoms with Crippen molar-refractivity contribution < 1.29 is 9.59 Å². The van der Waals surface area contributed by atoms with Crippen LogP contribution in [-0.4, -0.2) is 17.9 Å². The molecule has 0 bridgehead atoms. The maximum absolute atomic E-state index is 11.0. The van der Waals surface area contributed by atoms with E-state index in [0.717, 1.165) is 0 Å². The van der Waals surface area contributed by atoms with Crippen molar-refractivity contribution in [1.82, 2.24) is 5.32 Å². The number of hydrogen-bond donors (Lipinski definition) is 2. The van der Waals surface area contributed by atoms with Gasteiger partial charge in [-0.2, -0.15) is 0 Å². The monoisotopic (exact) mass is 158 g/mol. The molecule has 0 aromatic heterocycles. The van der Waals surface area contributed by atoms with Crippen LogP contribution in [0.15, 0.2) is 0 Å². The molecule has 0 aliphatic heterocycles. The predicted molar refractivity (Wildman–Crippen MR) is 42.1 cm³/mol. The Morgan fingerprint density at radius 2 is 2.00 bits per heavy atom. The predicted octanol–water partition coefficient (Wildman–Crippen LogP) is 0.412. The van der Waals surface area contributed by atoms with E-state index in [1.807, 2.05) is 6.92 Å². The fourth-order valence-corrected chi connectivity index (χ4v) is 0.828. The Morgan fingerprint density at radius 1 is 1.45 bits per heavy atom. The lowest BCUT2D eigenvalue weighted by molar-refractivity contribution is -0.120. The number of primary amides is 1. The van der Waals surface area contributed by atoms with Crippen LogP contribution in [-0.2, 0) is 4.79 Å². The highest BCUT2D eigenvalue weighted by Crippen LogP contribution is 1.95. The van der Waals surface area contributed by atoms with Crippen molar-refractivity contribution in [2.24, 2.45) is 5.73 Å². The minimum absolute atomic E-state index is 0.0197. The van der Waals surface area contributed by atoms with Crippen LogP contribution in [0.25, 0.3) is 0 Å². The fraction of sp³-hybridized carbons (Fsp3) is 0.714. The molecular formula is C7H14N2O2. The van der Waals surface area contributed by atoms with E-state index in [0.29, 0.717) is 12.8 Å². The molecule has 0 aliphatic rings. The first-order valence-corrected chi connectivity index (χ1v) is 3.70. The lowest BCUT2D eigenvalue weighted by atomic mass is 10.1. The molecule has 1 atom stereocenters. The van der Waals surface area contributed by atoms with Crippen LogP contribution in [0.4, 0.5) is 4.79 Å². The number of nitrogens with two attached hydrogens (primary N) is 1. The molecule has 3 N–H and O–H groups in total. The summed E-state index contributed by atoms with van der Waals surface area (Å²) < 4.78 is 0. The molecule has 64 valence electrons. The Morgan fingerprint density at radius 3 is 2.27 bits per heavy atom. The lowest BCUT2D eigenvalue weighted by Crippen LogP contribution is -2.42. The zero-order valence-electron chi connectivity index (χ0n) is 6.89. The van der Waals surface area contributed by atoms with Gasteiger partial charge in [0, 0.05) is 6.42 Å². The molecule has 4 heteroatoms. The number of urea groups is 1. The molecule has 4 nitrogen and oxygen atoms in total. The minimum atomic E-state index is -0.640. The summed E-state index contributed by atoms with van der Waals surface area (Å²) in [6.45, 7) is 3.59. The smallest absolute Gasteiger partial charge is 0.312 e. The number of amides is 2. The van der Waals surface area contributed by atoms with Crippen molar-refractivity contribution in [1.29, 1.82) is 0 Å². The molecule has 0 heterocycles. The highest BCUT2D eigenvalue weighted by Gasteiger charge is 2.14. The Balaban J connectivity index is 3.94. The van der Waals surface area contributed by atoms with Gasteiger partial charge < -0.3 is 11.1 Å². The standard InChI is InChI=1S/C7H14N2O2/c1-3-5(6(10)4-2)9-7(8)11/h5H,3-4H2,1-2H3,(H3,8,9,11). The third-order valence-corrected chi connectivity index (χ3v) is 1.46. The largest absolute Gasteiger partial charge is 0.352 e. The molecule has 0 rings (SSSR count). The molecule has 0 saturated heterocycles. The first kappa shape index (κ1) is 9.94. The molecule has 2 amide bonds. The summed E-state index contributed by atoms with van der Waals surface area (Å²) in [5.41, 5.74) is 4.86. The van der Waals surface area contributed by atoms with Gasteiger partial charge in [0.25, 0.3) is 0 Å². The molecule has 0 saturated carbocycles. The Labute approximate surface area is 66.1 Å². The first-order valence-electron chi connectivity index (χ1n) is 3.70. The van der Waals surface area contributed by atoms with Gasteiger partial charge in [-0.1, -0.05) is 13.8 Å². The van der Waals surface area contributed by atoms with E-state index < -0.39 is 12.1 Å². The highest BCUT2D eigenvalue weighted by molar-refractivity contribution is 5.87. The van der Waals surface area contributed by atoms with Gasteiger partial charge in [0.2, 0.25) is 0 Å². The maximum Gasteiger partial charge on any atom is 0.312 e. The van der Waals surface area contributed by atoms with E-state index in [1.54, 1.807) is 6.92 Å². The average Bonchev–Trinajstić information content (AvgIpc) is 1.98. The average molecular weight is 158 g/mol. The maximum atomic E-state index is 11.0. The second-order valence-electron chi connectivity index (χ2n) is 2.29. The van der Waals surface area contributed by atoms with Crippen molar-refractivity contribution in [3.63, 3.8) is 0 Å². The molecule has 1 unspecified atom stereocenters. The van der Waals surface area contributed by atoms with Crippen LogP contribution < -0.4 is 11.1 Å². The molecule has 0 fully saturated rings. The Kier molecular flexibility index (Phi) is 4.26. The van der Waals surface area contributed by atoms with Crippen LogP contribution in [0.5, 0.6) is 0 Å². The first-order chi connectivity index (χ1) is 5.11. The van der Waals surface area contributed by atoms with Gasteiger partial charge in [-0.15, -0.1) is 0 Å². The molecular weight excluding hydrogens is 144 g/mol. The third kappa shape index (κ3) is 3.60. The van der Waals surface area contributed by atoms with E-state index in [1.165, 1.54) is 0 Å². The quantitative estimate of drug-likeness (QED) is 0.622. The zero-order valence-corrected chi connectivity index (χ0v) is 6.89. The highest BCUT2D eigenvalue weighted by atomic mass is 16.2. The van der Waals surface area contributed by atoms with E-state index in [4.69, 9.17) is 5.73 Å². The van der Waals surface area contributed by atoms with Crippen LogP contribution in [0.2, 0.25) is 0 Å². The zero-order chi connectivity index (χ0) is 8.85. The van der Waals surface area contributed by atoms with Crippen LogP contribution >= 0.6 is 0 Å². The van der Waals surface area contributed by atoms with Gasteiger partial charge in [-0.25, -0.2) is 4.79 Å². The van der Waals surface area contributed by atoms with Gasteiger partial charge in [-0.3, -0.25) is 4.79 Å². The van der Waals surface area contributed by atoms with Crippen LogP contribution in [0.1, 0.15) is 26.7 Å². The van der Waals surface area contributed by atoms with Gasteiger partial charge in [0.1, 0.15) is 0 Å². The normalized spacial score (nSPS) is 12.2. The number of ketones is 1. The van der Waals surface area contributed by atoms with Crippen molar-refractivity contribution in [2.45, 2.75) is 32.7 Å². The van der Waals surface area contributed by atoms with Crippen LogP contribution in [0.3, 0.4) is 0 Å². The lowest BCUT2D eigenvalue weighted by Gasteiger charge is -2.12. The summed E-state index contributed by atoms with van der Waals surface area (Å²) in [6.07, 6.45) is 1.02. The number of nitrogens with one attached hydrogen (secondary N) is 1. The summed E-state index contributed by atoms with van der Waals surface area (Å²) >= 11 is 0. The van der Waals surface area contributed by atoms with Crippen molar-refractivity contribution in [2.75, 3.05) is 0 Å². The number of carbonyl (C=O) groups is 2. The van der Waals surface area contributed by atoms with Crippen LogP contribution in [0, 0.1) is 0 Å². The molecule has 0 aliphatic carbocycles. The summed E-state index contributed by atoms with van der Waals surface area (Å²) in [5, 5.41) is 2.37. The van der Waals surface area contributed by atoms with Crippen molar-refractivity contribution in [3.8, 4) is 0 Å². The Bertz CT molecular complexity index is 157. The second-order valence-corrected chi connectivity index (χ2v) is 2.29. The summed E-state index contributed by atoms with van der Waals surface area (Å²) in [4.78, 5) is 21.4. The summed E-state index contributed by atoms with van der Waals surface area (Å²) in [7, 11) is 0. The topological polar surface area (TPSA) is 72.2 Å². The summed E-state index contributed by atoms with van der Waals surface area (Å²) in [6, 6.07) is -1.05. The van der Waals surface area contributed by atoms with Gasteiger partial charge >= 0.3 is 6.03 Å². The third-order valence-electron chi connectivity index (χ3n) is 1.46. The van der Waals surface area contributed by atoms with E-state index >= 15 is 0 Å². The fourth-order valence-electron chi connectivity index (χ4n) is 0.828. The van der Waals surface area contributed by atoms with E-state index in [-0.39, 0.29) is 5.78 Å². The number of hydrogen-bond acceptors (Lipinski definition) is 2. The minimum Gasteiger partial charge on any atom is -0.352 e. The molecule has 0 spiro atoms. The van der Waals surface area contributed by atoms with Gasteiger partial charge in [0.05, 0.1) is 6.04 Å². The number of Topliss-reactive ketones (excluding diaryl/α,β-unsaturated/α-hetero) is 1. The molecule has 11 heavy (non-hydrogen) atoms. The second kappa shape index (κ2) is 4.71. The number of rotatable bonds is 4. The molecule has 0 aromatic rings. The molecule has 0 radical (unpaired) electrons. The van der Waals surface area contributed by atoms with E-state index in [2.05, 4.69) is 5.32 Å². The van der Waals surface area contributed by atoms with E-state index in [9.17, 15) is 9.59 Å². The van der Waals surface area contributed by atoms with Crippen molar-refractivity contribution in [3.05, 3.63) is 0 Å². The SMILES string of the molecule is CCC(=O)C(CC)NC(N)=O. The molecule has 0 aromatic carbocycles. The number of carbonyl (C=O) groups excluding carboxylic acids is 2. The van der Waals surface area contributed by atoms with Gasteiger partial charge in [0.15, 0.2) is 5.78 Å². The van der Waals surface area contributed by atoms with Gasteiger partial charge in [-0.05, 0) is 6.42 Å². The summed E-state index contributed by atoms with van der Waals surface area (Å²) in [5.74, 6) is 0.0197. The Hall–Kier alpha value is -1.06.